The molecule has 2 aromatic rings. The molecule has 0 saturated carbocycles. The molecule has 0 radical (unpaired) electrons. The smallest absolute Gasteiger partial charge is 0.335 e. The Morgan fingerprint density at radius 3 is 3.00 bits per heavy atom. The molecule has 1 saturated heterocycles. The third kappa shape index (κ3) is 2.76. The highest BCUT2D eigenvalue weighted by molar-refractivity contribution is 5.88. The summed E-state index contributed by atoms with van der Waals surface area (Å²) in [5.41, 5.74) is 0.848. The van der Waals surface area contributed by atoms with Gasteiger partial charge in [-0.2, -0.15) is 5.10 Å². The van der Waals surface area contributed by atoms with E-state index in [4.69, 9.17) is 5.11 Å². The summed E-state index contributed by atoms with van der Waals surface area (Å²) in [6.07, 6.45) is 3.91. The number of likely N-dealkylation sites (tertiary alicyclic amines) is 1. The lowest BCUT2D eigenvalue weighted by Crippen LogP contribution is -2.39. The molecule has 0 bridgehead atoms. The fraction of sp³-hybridized carbons (Fsp3) is 0.533. The van der Waals surface area contributed by atoms with Crippen LogP contribution in [0.4, 0.5) is 0 Å². The van der Waals surface area contributed by atoms with Gasteiger partial charge in [0.2, 0.25) is 0 Å². The first-order valence-corrected chi connectivity index (χ1v) is 7.38. The Kier molecular flexibility index (Phi) is 3.63. The van der Waals surface area contributed by atoms with Gasteiger partial charge in [0.1, 0.15) is 0 Å². The third-order valence-corrected chi connectivity index (χ3v) is 4.15. The summed E-state index contributed by atoms with van der Waals surface area (Å²) in [5, 5.41) is 13.5. The Morgan fingerprint density at radius 2 is 2.29 bits per heavy atom. The van der Waals surface area contributed by atoms with Crippen molar-refractivity contribution in [1.29, 1.82) is 0 Å². The van der Waals surface area contributed by atoms with Gasteiger partial charge in [0.15, 0.2) is 11.5 Å². The molecular formula is C15H20N4O2. The molecule has 1 fully saturated rings. The van der Waals surface area contributed by atoms with Gasteiger partial charge < -0.3 is 10.0 Å². The highest BCUT2D eigenvalue weighted by Gasteiger charge is 2.26. The molecule has 3 heterocycles. The number of carboxylic acid groups (broad SMARTS) is 1. The molecule has 0 amide bonds. The van der Waals surface area contributed by atoms with Crippen LogP contribution in [0.1, 0.15) is 48.8 Å². The van der Waals surface area contributed by atoms with Crippen molar-refractivity contribution in [3.8, 4) is 0 Å². The number of carbonyl (C=O) groups is 1. The van der Waals surface area contributed by atoms with E-state index >= 15 is 0 Å². The van der Waals surface area contributed by atoms with Gasteiger partial charge in [-0.1, -0.05) is 0 Å². The molecule has 1 unspecified atom stereocenters. The van der Waals surface area contributed by atoms with Gasteiger partial charge in [-0.3, -0.25) is 0 Å². The van der Waals surface area contributed by atoms with E-state index in [1.165, 1.54) is 0 Å². The zero-order valence-corrected chi connectivity index (χ0v) is 12.4. The van der Waals surface area contributed by atoms with E-state index in [1.54, 1.807) is 22.8 Å². The zero-order valence-electron chi connectivity index (χ0n) is 12.4. The minimum absolute atomic E-state index is 0.244. The van der Waals surface area contributed by atoms with Crippen LogP contribution in [0.25, 0.3) is 5.65 Å². The standard InChI is InChI=1S/C15H20N4O2/c1-10(2)18-6-3-4-12(9-18)14-16-13-8-11(15(20)21)5-7-19(13)17-14/h5,7-8,10,12H,3-4,6,9H2,1-2H3,(H,20,21). The van der Waals surface area contributed by atoms with Crippen LogP contribution in [0.2, 0.25) is 0 Å². The topological polar surface area (TPSA) is 70.7 Å². The predicted molar refractivity (Wildman–Crippen MR) is 78.6 cm³/mol. The van der Waals surface area contributed by atoms with Gasteiger partial charge >= 0.3 is 5.97 Å². The summed E-state index contributed by atoms with van der Waals surface area (Å²) in [4.78, 5) is 18.0. The van der Waals surface area contributed by atoms with Crippen LogP contribution >= 0.6 is 0 Å². The summed E-state index contributed by atoms with van der Waals surface area (Å²) in [6, 6.07) is 3.65. The number of piperidine rings is 1. The van der Waals surface area contributed by atoms with Gasteiger partial charge in [0.05, 0.1) is 5.56 Å². The molecule has 3 rings (SSSR count). The molecule has 0 spiro atoms. The maximum Gasteiger partial charge on any atom is 0.335 e. The van der Waals surface area contributed by atoms with Gasteiger partial charge in [-0.25, -0.2) is 14.3 Å². The Morgan fingerprint density at radius 1 is 1.48 bits per heavy atom. The molecule has 1 aliphatic rings. The van der Waals surface area contributed by atoms with Crippen LogP contribution in [0.3, 0.4) is 0 Å². The van der Waals surface area contributed by atoms with Crippen LogP contribution in [0.15, 0.2) is 18.3 Å². The first kappa shape index (κ1) is 14.0. The summed E-state index contributed by atoms with van der Waals surface area (Å²) in [7, 11) is 0. The van der Waals surface area contributed by atoms with E-state index in [-0.39, 0.29) is 5.56 Å². The molecule has 0 aromatic carbocycles. The lowest BCUT2D eigenvalue weighted by atomic mass is 9.96. The summed E-state index contributed by atoms with van der Waals surface area (Å²) in [6.45, 7) is 6.52. The number of pyridine rings is 1. The first-order valence-electron chi connectivity index (χ1n) is 7.38. The number of carboxylic acids is 1. The quantitative estimate of drug-likeness (QED) is 0.935. The Hall–Kier alpha value is -1.95. The number of aromatic nitrogens is 3. The number of nitrogens with zero attached hydrogens (tertiary/aromatic N) is 4. The van der Waals surface area contributed by atoms with Crippen molar-refractivity contribution in [3.63, 3.8) is 0 Å². The van der Waals surface area contributed by atoms with Crippen molar-refractivity contribution in [2.75, 3.05) is 13.1 Å². The monoisotopic (exact) mass is 288 g/mol. The van der Waals surface area contributed by atoms with E-state index in [1.807, 2.05) is 0 Å². The number of rotatable bonds is 3. The average molecular weight is 288 g/mol. The maximum absolute atomic E-state index is 11.0. The molecule has 0 aliphatic carbocycles. The molecule has 112 valence electrons. The number of fused-ring (bicyclic) bond motifs is 1. The molecule has 2 aromatic heterocycles. The summed E-state index contributed by atoms with van der Waals surface area (Å²) >= 11 is 0. The highest BCUT2D eigenvalue weighted by atomic mass is 16.4. The van der Waals surface area contributed by atoms with E-state index < -0.39 is 5.97 Å². The van der Waals surface area contributed by atoms with Crippen molar-refractivity contribution in [2.45, 2.75) is 38.6 Å². The number of aromatic carboxylic acids is 1. The summed E-state index contributed by atoms with van der Waals surface area (Å²) < 4.78 is 1.66. The fourth-order valence-corrected chi connectivity index (χ4v) is 2.89. The van der Waals surface area contributed by atoms with E-state index in [0.717, 1.165) is 31.8 Å². The number of hydrogen-bond acceptors (Lipinski definition) is 4. The van der Waals surface area contributed by atoms with Gasteiger partial charge in [-0.05, 0) is 45.4 Å². The SMILES string of the molecule is CC(C)N1CCCC(c2nc3cc(C(=O)O)ccn3n2)C1. The molecule has 6 nitrogen and oxygen atoms in total. The van der Waals surface area contributed by atoms with Crippen molar-refractivity contribution >= 4 is 11.6 Å². The lowest BCUT2D eigenvalue weighted by Gasteiger charge is -2.34. The van der Waals surface area contributed by atoms with Crippen molar-refractivity contribution in [2.24, 2.45) is 0 Å². The predicted octanol–water partition coefficient (Wildman–Crippen LogP) is 2.02. The maximum atomic E-state index is 11.0. The molecule has 1 N–H and O–H groups in total. The average Bonchev–Trinajstić information content (AvgIpc) is 2.90. The highest BCUT2D eigenvalue weighted by Crippen LogP contribution is 2.26. The first-order chi connectivity index (χ1) is 10.0. The van der Waals surface area contributed by atoms with E-state index in [0.29, 0.717) is 17.6 Å². The van der Waals surface area contributed by atoms with Crippen LogP contribution in [-0.4, -0.2) is 49.7 Å². The largest absolute Gasteiger partial charge is 0.478 e. The van der Waals surface area contributed by atoms with E-state index in [2.05, 4.69) is 28.8 Å². The Balaban J connectivity index is 1.88. The minimum Gasteiger partial charge on any atom is -0.478 e. The normalized spacial score (nSPS) is 20.2. The Labute approximate surface area is 123 Å². The lowest BCUT2D eigenvalue weighted by molar-refractivity contribution is 0.0697. The van der Waals surface area contributed by atoms with Crippen molar-refractivity contribution in [3.05, 3.63) is 29.7 Å². The molecule has 21 heavy (non-hydrogen) atoms. The molecule has 6 heteroatoms. The van der Waals surface area contributed by atoms with Crippen LogP contribution in [-0.2, 0) is 0 Å². The molecule has 1 atom stereocenters. The van der Waals surface area contributed by atoms with Gasteiger partial charge in [-0.15, -0.1) is 0 Å². The fourth-order valence-electron chi connectivity index (χ4n) is 2.89. The van der Waals surface area contributed by atoms with Crippen LogP contribution in [0.5, 0.6) is 0 Å². The zero-order chi connectivity index (χ0) is 15.0. The molecular weight excluding hydrogens is 268 g/mol. The Bertz CT molecular complexity index is 665. The van der Waals surface area contributed by atoms with Crippen molar-refractivity contribution < 1.29 is 9.90 Å². The van der Waals surface area contributed by atoms with Gasteiger partial charge in [0.25, 0.3) is 0 Å². The van der Waals surface area contributed by atoms with Crippen LogP contribution < -0.4 is 0 Å². The number of hydrogen-bond donors (Lipinski definition) is 1. The van der Waals surface area contributed by atoms with Gasteiger partial charge in [0, 0.05) is 24.7 Å². The van der Waals surface area contributed by atoms with Crippen LogP contribution in [0, 0.1) is 0 Å². The van der Waals surface area contributed by atoms with E-state index in [9.17, 15) is 4.79 Å². The minimum atomic E-state index is -0.939. The van der Waals surface area contributed by atoms with Crippen molar-refractivity contribution in [1.82, 2.24) is 19.5 Å². The second-order valence-electron chi connectivity index (χ2n) is 5.92. The second-order valence-corrected chi connectivity index (χ2v) is 5.92. The second kappa shape index (κ2) is 5.44. The summed E-state index contributed by atoms with van der Waals surface area (Å²) in [5.74, 6) is 0.211. The molecule has 1 aliphatic heterocycles. The third-order valence-electron chi connectivity index (χ3n) is 4.15.